The van der Waals surface area contributed by atoms with E-state index in [0.717, 1.165) is 88.6 Å². The first-order chi connectivity index (χ1) is 30.6. The lowest BCUT2D eigenvalue weighted by Crippen LogP contribution is -2.39. The number of carbonyl (C=O) groups is 3. The van der Waals surface area contributed by atoms with Gasteiger partial charge in [-0.3, -0.25) is 29.2 Å². The van der Waals surface area contributed by atoms with Crippen molar-refractivity contribution in [3.8, 4) is 23.0 Å². The van der Waals surface area contributed by atoms with E-state index in [1.165, 1.54) is 0 Å². The Bertz CT molecular complexity index is 2360. The maximum absolute atomic E-state index is 12.0. The Kier molecular flexibility index (Phi) is 15.1. The van der Waals surface area contributed by atoms with Crippen LogP contribution in [0.1, 0.15) is 100 Å². The van der Waals surface area contributed by atoms with E-state index in [2.05, 4.69) is 14.8 Å². The average Bonchev–Trinajstić information content (AvgIpc) is 3.64. The minimum Gasteiger partial charge on any atom is -0.460 e. The minimum atomic E-state index is -0.453. The molecule has 12 nitrogen and oxygen atoms in total. The lowest BCUT2D eigenvalue weighted by Gasteiger charge is -2.33. The molecular weight excluding hydrogens is 811 g/mol. The highest BCUT2D eigenvalue weighted by atomic mass is 16.6. The van der Waals surface area contributed by atoms with Gasteiger partial charge in [0.25, 0.3) is 0 Å². The van der Waals surface area contributed by atoms with Crippen LogP contribution in [0.3, 0.4) is 0 Å². The third-order valence-corrected chi connectivity index (χ3v) is 11.0. The third kappa shape index (κ3) is 13.4. The molecule has 3 heterocycles. The van der Waals surface area contributed by atoms with Gasteiger partial charge in [-0.25, -0.2) is 0 Å². The number of nitrogens with zero attached hydrogens (tertiary/aromatic N) is 3. The maximum Gasteiger partial charge on any atom is 0.307 e. The van der Waals surface area contributed by atoms with Crippen molar-refractivity contribution in [2.45, 2.75) is 90.6 Å². The topological polar surface area (TPSA) is 126 Å². The number of ether oxygens (including phenoxy) is 6. The smallest absolute Gasteiger partial charge is 0.307 e. The molecule has 0 N–H and O–H groups in total. The third-order valence-electron chi connectivity index (χ3n) is 11.0. The average molecular weight is 872 g/mol. The summed E-state index contributed by atoms with van der Waals surface area (Å²) in [4.78, 5) is 44.5. The number of carbonyl (C=O) groups excluding carboxylic acids is 3. The highest BCUT2D eigenvalue weighted by molar-refractivity contribution is 6.00. The Hall–Kier alpha value is -5.66. The fourth-order valence-electron chi connectivity index (χ4n) is 7.94. The van der Waals surface area contributed by atoms with Gasteiger partial charge in [-0.05, 0) is 119 Å². The predicted molar refractivity (Wildman–Crippen MR) is 245 cm³/mol. The van der Waals surface area contributed by atoms with Crippen LogP contribution in [0.4, 0.5) is 0 Å². The number of esters is 2. The van der Waals surface area contributed by atoms with E-state index < -0.39 is 11.2 Å². The quantitative estimate of drug-likeness (QED) is 0.111. The van der Waals surface area contributed by atoms with E-state index >= 15 is 0 Å². The van der Waals surface area contributed by atoms with Gasteiger partial charge in [-0.2, -0.15) is 0 Å². The second kappa shape index (κ2) is 20.9. The van der Waals surface area contributed by atoms with Crippen LogP contribution < -0.4 is 9.47 Å². The summed E-state index contributed by atoms with van der Waals surface area (Å²) in [6.07, 6.45) is 5.67. The van der Waals surface area contributed by atoms with Gasteiger partial charge >= 0.3 is 11.9 Å². The van der Waals surface area contributed by atoms with E-state index in [1.54, 1.807) is 6.20 Å². The fourth-order valence-corrected chi connectivity index (χ4v) is 7.94. The summed E-state index contributed by atoms with van der Waals surface area (Å²) in [5, 5.41) is 2.08. The summed E-state index contributed by atoms with van der Waals surface area (Å²) < 4.78 is 34.9. The van der Waals surface area contributed by atoms with Crippen LogP contribution >= 0.6 is 0 Å². The van der Waals surface area contributed by atoms with Crippen molar-refractivity contribution in [2.24, 2.45) is 0 Å². The molecule has 338 valence electrons. The Labute approximate surface area is 376 Å². The predicted octanol–water partition coefficient (Wildman–Crippen LogP) is 9.85. The molecule has 5 aromatic rings. The molecule has 3 aliphatic rings. The molecule has 4 aromatic carbocycles. The zero-order chi connectivity index (χ0) is 45.3. The van der Waals surface area contributed by atoms with Crippen LogP contribution in [0.2, 0.25) is 0 Å². The zero-order valence-corrected chi connectivity index (χ0v) is 38.0. The van der Waals surface area contributed by atoms with Crippen LogP contribution in [-0.2, 0) is 35.0 Å². The van der Waals surface area contributed by atoms with Gasteiger partial charge in [0.15, 0.2) is 5.78 Å². The van der Waals surface area contributed by atoms with Crippen LogP contribution in [-0.4, -0.2) is 96.2 Å². The SMILES string of the molecule is CC(C)(C)OC(=O)CCN1CCOC(c2ccc(Oc3ccc4c(c3)CCC4=O)cc2)C1.CC(C)(C)OC(=O)CCN1CCOC(c2ccc(Oc3cccc4cnccc34)cc2)C1. The molecule has 0 radical (unpaired) electrons. The molecule has 0 amide bonds. The summed E-state index contributed by atoms with van der Waals surface area (Å²) in [5.41, 5.74) is 3.16. The number of benzene rings is 4. The van der Waals surface area contributed by atoms with Gasteiger partial charge in [0.1, 0.15) is 34.2 Å². The first-order valence-electron chi connectivity index (χ1n) is 22.3. The minimum absolute atomic E-state index is 0.0277. The number of aromatic nitrogens is 1. The number of aryl methyl sites for hydroxylation is 1. The normalized spacial score (nSPS) is 18.1. The van der Waals surface area contributed by atoms with E-state index in [1.807, 2.05) is 139 Å². The van der Waals surface area contributed by atoms with Crippen molar-refractivity contribution >= 4 is 28.5 Å². The number of hydrogen-bond donors (Lipinski definition) is 0. The number of ketones is 1. The van der Waals surface area contributed by atoms with Crippen molar-refractivity contribution in [3.05, 3.63) is 126 Å². The molecule has 1 aromatic heterocycles. The molecule has 64 heavy (non-hydrogen) atoms. The number of fused-ring (bicyclic) bond motifs is 2. The molecule has 1 aliphatic carbocycles. The molecule has 0 saturated carbocycles. The number of hydrogen-bond acceptors (Lipinski definition) is 12. The highest BCUT2D eigenvalue weighted by Gasteiger charge is 2.26. The Balaban J connectivity index is 0.000000191. The fraction of sp³-hybridized carbons (Fsp3) is 0.423. The van der Waals surface area contributed by atoms with Crippen LogP contribution in [0, 0.1) is 0 Å². The summed E-state index contributed by atoms with van der Waals surface area (Å²) in [6.45, 7) is 17.0. The molecule has 2 aliphatic heterocycles. The van der Waals surface area contributed by atoms with Crippen molar-refractivity contribution < 1.29 is 42.8 Å². The number of pyridine rings is 1. The number of rotatable bonds is 12. The lowest BCUT2D eigenvalue weighted by atomic mass is 10.1. The second-order valence-electron chi connectivity index (χ2n) is 18.4. The van der Waals surface area contributed by atoms with Crippen molar-refractivity contribution in [3.63, 3.8) is 0 Å². The molecular formula is C52H61N3O9. The Morgan fingerprint density at radius 2 is 1.22 bits per heavy atom. The molecule has 2 atom stereocenters. The van der Waals surface area contributed by atoms with Gasteiger partial charge in [0.05, 0.1) is 38.3 Å². The van der Waals surface area contributed by atoms with Crippen molar-refractivity contribution in [1.82, 2.24) is 14.8 Å². The summed E-state index contributed by atoms with van der Waals surface area (Å²) >= 11 is 0. The highest BCUT2D eigenvalue weighted by Crippen LogP contribution is 2.33. The summed E-state index contributed by atoms with van der Waals surface area (Å²) in [5.74, 6) is 2.95. The second-order valence-corrected chi connectivity index (χ2v) is 18.4. The molecule has 2 saturated heterocycles. The van der Waals surface area contributed by atoms with Gasteiger partial charge in [-0.1, -0.05) is 36.4 Å². The van der Waals surface area contributed by atoms with E-state index in [-0.39, 0.29) is 29.9 Å². The molecule has 2 unspecified atom stereocenters. The molecule has 2 fully saturated rings. The Morgan fingerprint density at radius 1 is 0.672 bits per heavy atom. The lowest BCUT2D eigenvalue weighted by molar-refractivity contribution is -0.156. The Morgan fingerprint density at radius 3 is 1.78 bits per heavy atom. The van der Waals surface area contributed by atoms with Gasteiger partial charge < -0.3 is 28.4 Å². The number of Topliss-reactive ketones (excluding diaryl/α,β-unsaturated/α-hetero) is 1. The first-order valence-corrected chi connectivity index (χ1v) is 22.3. The van der Waals surface area contributed by atoms with Crippen LogP contribution in [0.25, 0.3) is 10.8 Å². The largest absolute Gasteiger partial charge is 0.460 e. The zero-order valence-electron chi connectivity index (χ0n) is 38.0. The molecule has 0 spiro atoms. The maximum atomic E-state index is 12.0. The molecule has 12 heteroatoms. The van der Waals surface area contributed by atoms with E-state index in [9.17, 15) is 14.4 Å². The first kappa shape index (κ1) is 46.3. The van der Waals surface area contributed by atoms with Gasteiger partial charge in [0.2, 0.25) is 0 Å². The van der Waals surface area contributed by atoms with Crippen molar-refractivity contribution in [2.75, 3.05) is 52.5 Å². The summed E-state index contributed by atoms with van der Waals surface area (Å²) in [7, 11) is 0. The van der Waals surface area contributed by atoms with Crippen LogP contribution in [0.5, 0.6) is 23.0 Å². The van der Waals surface area contributed by atoms with Crippen molar-refractivity contribution in [1.29, 1.82) is 0 Å². The van der Waals surface area contributed by atoms with E-state index in [4.69, 9.17) is 28.4 Å². The van der Waals surface area contributed by atoms with Gasteiger partial charge in [-0.15, -0.1) is 0 Å². The number of morpholine rings is 2. The van der Waals surface area contributed by atoms with E-state index in [0.29, 0.717) is 45.6 Å². The summed E-state index contributed by atoms with van der Waals surface area (Å²) in [6, 6.07) is 29.5. The molecule has 0 bridgehead atoms. The monoisotopic (exact) mass is 871 g/mol. The standard InChI is InChI=1S/C26H30N2O4.C26H31NO5/c1-26(2,3)32-25(29)12-14-28-15-16-30-24(18-28)19-7-9-21(10-8-19)31-23-6-4-5-20-17-27-13-11-22(20)23;1-26(2,3)32-25(29)12-13-27-14-15-30-24(17-27)18-4-7-20(8-5-18)31-21-9-10-22-19(16-21)6-11-23(22)28/h4-11,13,17,24H,12,14-16,18H2,1-3H3;4-5,7-10,16,24H,6,11-15,17H2,1-3H3. The van der Waals surface area contributed by atoms with Gasteiger partial charge in [0, 0.05) is 74.4 Å². The van der Waals surface area contributed by atoms with Crippen LogP contribution in [0.15, 0.2) is 103 Å². The molecule has 8 rings (SSSR count).